The quantitative estimate of drug-likeness (QED) is 0.499. The lowest BCUT2D eigenvalue weighted by atomic mass is 9.89. The molecule has 3 aromatic rings. The van der Waals surface area contributed by atoms with E-state index in [-0.39, 0.29) is 5.75 Å². The third-order valence-corrected chi connectivity index (χ3v) is 9.59. The number of nitrogens with one attached hydrogen (secondary N) is 1. The summed E-state index contributed by atoms with van der Waals surface area (Å²) in [4.78, 5) is 8.57. The molecular weight excluding hydrogens is 426 g/mol. The van der Waals surface area contributed by atoms with Crippen LogP contribution in [0.1, 0.15) is 50.0 Å². The minimum Gasteiger partial charge on any atom is -0.361 e. The molecule has 1 saturated heterocycles. The lowest BCUT2D eigenvalue weighted by Gasteiger charge is -2.30. The van der Waals surface area contributed by atoms with Gasteiger partial charge in [-0.05, 0) is 74.2 Å². The van der Waals surface area contributed by atoms with Gasteiger partial charge >= 0.3 is 0 Å². The lowest BCUT2D eigenvalue weighted by molar-refractivity contribution is 0.298. The molecule has 1 aliphatic rings. The second-order valence-electron chi connectivity index (χ2n) is 8.31. The first-order valence-electron chi connectivity index (χ1n) is 11.4. The SMILES string of the molecule is CCN(CC)Cc1ccc(-c2ccc3[nH]cc(C4CCN(S(=O)(=O)CC)CC4)c3c2)s1. The Hall–Kier alpha value is -1.67. The fourth-order valence-corrected chi connectivity index (χ4v) is 6.73. The standard InChI is InChI=1S/C24H33N3O2S2/c1-4-26(5-2)17-20-8-10-24(30-20)19-7-9-23-21(15-19)22(16-25-23)18-11-13-27(14-12-18)31(28,29)6-3/h7-10,15-16,18,25H,4-6,11-14,17H2,1-3H3. The van der Waals surface area contributed by atoms with Crippen LogP contribution in [0, 0.1) is 0 Å². The molecule has 0 atom stereocenters. The van der Waals surface area contributed by atoms with E-state index in [4.69, 9.17) is 0 Å². The molecular formula is C24H33N3O2S2. The van der Waals surface area contributed by atoms with Gasteiger partial charge in [0.05, 0.1) is 5.75 Å². The Balaban J connectivity index is 1.54. The van der Waals surface area contributed by atoms with E-state index in [0.717, 1.165) is 38.0 Å². The molecule has 0 unspecified atom stereocenters. The molecule has 7 heteroatoms. The summed E-state index contributed by atoms with van der Waals surface area (Å²) in [5, 5.41) is 1.27. The topological polar surface area (TPSA) is 56.4 Å². The maximum Gasteiger partial charge on any atom is 0.213 e. The predicted molar refractivity (Wildman–Crippen MR) is 131 cm³/mol. The monoisotopic (exact) mass is 459 g/mol. The minimum atomic E-state index is -3.09. The van der Waals surface area contributed by atoms with Crippen molar-refractivity contribution >= 4 is 32.3 Å². The van der Waals surface area contributed by atoms with E-state index in [1.54, 1.807) is 11.2 Å². The van der Waals surface area contributed by atoms with Crippen molar-refractivity contribution in [2.75, 3.05) is 31.9 Å². The normalized spacial score (nSPS) is 16.5. The Bertz CT molecular complexity index is 1120. The smallest absolute Gasteiger partial charge is 0.213 e. The number of thiophene rings is 1. The number of H-pyrrole nitrogens is 1. The number of aromatic nitrogens is 1. The number of hydrogen-bond acceptors (Lipinski definition) is 4. The molecule has 1 fully saturated rings. The van der Waals surface area contributed by atoms with Crippen molar-refractivity contribution in [3.63, 3.8) is 0 Å². The molecule has 1 N–H and O–H groups in total. The van der Waals surface area contributed by atoms with Gasteiger partial charge in [-0.15, -0.1) is 11.3 Å². The van der Waals surface area contributed by atoms with Gasteiger partial charge in [-0.2, -0.15) is 0 Å². The molecule has 0 saturated carbocycles. The average molecular weight is 460 g/mol. The van der Waals surface area contributed by atoms with E-state index in [0.29, 0.717) is 19.0 Å². The van der Waals surface area contributed by atoms with Crippen LogP contribution in [0.5, 0.6) is 0 Å². The van der Waals surface area contributed by atoms with Crippen LogP contribution < -0.4 is 0 Å². The van der Waals surface area contributed by atoms with Gasteiger partial charge in [-0.25, -0.2) is 12.7 Å². The zero-order valence-electron chi connectivity index (χ0n) is 18.7. The third kappa shape index (κ3) is 4.75. The largest absolute Gasteiger partial charge is 0.361 e. The van der Waals surface area contributed by atoms with Crippen molar-refractivity contribution < 1.29 is 8.42 Å². The van der Waals surface area contributed by atoms with Crippen molar-refractivity contribution in [1.82, 2.24) is 14.2 Å². The maximum atomic E-state index is 12.2. The molecule has 0 spiro atoms. The highest BCUT2D eigenvalue weighted by molar-refractivity contribution is 7.89. The predicted octanol–water partition coefficient (Wildman–Crippen LogP) is 5.27. The molecule has 168 valence electrons. The van der Waals surface area contributed by atoms with E-state index in [1.165, 1.54) is 26.3 Å². The summed E-state index contributed by atoms with van der Waals surface area (Å²) in [5.41, 5.74) is 3.74. The first-order chi connectivity index (χ1) is 14.9. The third-order valence-electron chi connectivity index (χ3n) is 6.59. The molecule has 4 rings (SSSR count). The van der Waals surface area contributed by atoms with E-state index < -0.39 is 10.0 Å². The number of nitrogens with zero attached hydrogens (tertiary/aromatic N) is 2. The zero-order chi connectivity index (χ0) is 22.0. The highest BCUT2D eigenvalue weighted by Gasteiger charge is 2.28. The zero-order valence-corrected chi connectivity index (χ0v) is 20.4. The Morgan fingerprint density at radius 1 is 1.10 bits per heavy atom. The molecule has 3 heterocycles. The van der Waals surface area contributed by atoms with Crippen LogP contribution in [0.3, 0.4) is 0 Å². The molecule has 2 aromatic heterocycles. The summed E-state index contributed by atoms with van der Waals surface area (Å²) in [7, 11) is -3.09. The van der Waals surface area contributed by atoms with Crippen LogP contribution in [0.2, 0.25) is 0 Å². The van der Waals surface area contributed by atoms with E-state index in [2.05, 4.69) is 60.3 Å². The van der Waals surface area contributed by atoms with Gasteiger partial charge in [0.2, 0.25) is 10.0 Å². The molecule has 0 amide bonds. The molecule has 0 bridgehead atoms. The van der Waals surface area contributed by atoms with Gasteiger partial charge in [0.25, 0.3) is 0 Å². The van der Waals surface area contributed by atoms with Gasteiger partial charge in [0, 0.05) is 46.5 Å². The van der Waals surface area contributed by atoms with Crippen LogP contribution in [-0.2, 0) is 16.6 Å². The van der Waals surface area contributed by atoms with Gasteiger partial charge in [0.1, 0.15) is 0 Å². The lowest BCUT2D eigenvalue weighted by Crippen LogP contribution is -2.38. The van der Waals surface area contributed by atoms with Gasteiger partial charge in [0.15, 0.2) is 0 Å². The van der Waals surface area contributed by atoms with E-state index in [1.807, 2.05) is 11.3 Å². The summed E-state index contributed by atoms with van der Waals surface area (Å²) in [6, 6.07) is 11.2. The number of fused-ring (bicyclic) bond motifs is 1. The summed E-state index contributed by atoms with van der Waals surface area (Å²) < 4.78 is 26.0. The van der Waals surface area contributed by atoms with Crippen LogP contribution in [0.25, 0.3) is 21.3 Å². The first-order valence-corrected chi connectivity index (χ1v) is 13.8. The Labute approximate surface area is 190 Å². The second-order valence-corrected chi connectivity index (χ2v) is 11.7. The van der Waals surface area contributed by atoms with Gasteiger partial charge < -0.3 is 4.98 Å². The second kappa shape index (κ2) is 9.45. The van der Waals surface area contributed by atoms with E-state index in [9.17, 15) is 8.42 Å². The van der Waals surface area contributed by atoms with Crippen molar-refractivity contribution in [3.05, 3.63) is 47.0 Å². The van der Waals surface area contributed by atoms with Crippen LogP contribution in [0.4, 0.5) is 0 Å². The van der Waals surface area contributed by atoms with Crippen LogP contribution in [-0.4, -0.2) is 54.5 Å². The number of hydrogen-bond donors (Lipinski definition) is 1. The molecule has 0 radical (unpaired) electrons. The number of benzene rings is 1. The van der Waals surface area contributed by atoms with Gasteiger partial charge in [-0.3, -0.25) is 4.90 Å². The highest BCUT2D eigenvalue weighted by Crippen LogP contribution is 2.37. The Kier molecular flexibility index (Phi) is 6.86. The molecule has 0 aliphatic carbocycles. The Morgan fingerprint density at radius 3 is 2.52 bits per heavy atom. The fraction of sp³-hybridized carbons (Fsp3) is 0.500. The van der Waals surface area contributed by atoms with Gasteiger partial charge in [-0.1, -0.05) is 19.9 Å². The van der Waals surface area contributed by atoms with Crippen molar-refractivity contribution in [1.29, 1.82) is 0 Å². The first kappa shape index (κ1) is 22.5. The Morgan fingerprint density at radius 2 is 1.84 bits per heavy atom. The minimum absolute atomic E-state index is 0.186. The number of rotatable bonds is 8. The molecule has 1 aliphatic heterocycles. The summed E-state index contributed by atoms with van der Waals surface area (Å²) >= 11 is 1.88. The van der Waals surface area contributed by atoms with Crippen LogP contribution >= 0.6 is 11.3 Å². The number of piperidine rings is 1. The van der Waals surface area contributed by atoms with Crippen LogP contribution in [0.15, 0.2) is 36.5 Å². The summed E-state index contributed by atoms with van der Waals surface area (Å²) in [6.07, 6.45) is 3.89. The van der Waals surface area contributed by atoms with Crippen molar-refractivity contribution in [2.45, 2.75) is 46.1 Å². The summed E-state index contributed by atoms with van der Waals surface area (Å²) in [5.74, 6) is 0.583. The molecule has 5 nitrogen and oxygen atoms in total. The maximum absolute atomic E-state index is 12.2. The molecule has 31 heavy (non-hydrogen) atoms. The van der Waals surface area contributed by atoms with Crippen molar-refractivity contribution in [2.24, 2.45) is 0 Å². The average Bonchev–Trinajstić information content (AvgIpc) is 3.44. The fourth-order valence-electron chi connectivity index (χ4n) is 4.55. The summed E-state index contributed by atoms with van der Waals surface area (Å²) in [6.45, 7) is 10.5. The number of aromatic amines is 1. The van der Waals surface area contributed by atoms with Crippen molar-refractivity contribution in [3.8, 4) is 10.4 Å². The van der Waals surface area contributed by atoms with E-state index >= 15 is 0 Å². The number of sulfonamides is 1. The molecule has 1 aromatic carbocycles. The highest BCUT2D eigenvalue weighted by atomic mass is 32.2.